The molecule has 0 aromatic rings. The number of allylic oxidation sites excluding steroid dienone is 4. The molecular weight excluding hydrogens is 478 g/mol. The molecule has 7 nitrogen and oxygen atoms in total. The first-order valence-electron chi connectivity index (χ1n) is 14.1. The average molecular weight is 532 g/mol. The number of unbranched alkanes of at least 4 members (excludes halogenated alkanes) is 12. The maximum atomic E-state index is 12.4. The van der Waals surface area contributed by atoms with Crippen LogP contribution >= 0.6 is 0 Å². The molecule has 0 radical (unpaired) electrons. The topological polar surface area (TPSA) is 124 Å². The van der Waals surface area contributed by atoms with Crippen molar-refractivity contribution >= 4 is 16.0 Å². The van der Waals surface area contributed by atoms with Crippen LogP contribution in [0.25, 0.3) is 0 Å². The van der Waals surface area contributed by atoms with E-state index < -0.39 is 40.0 Å². The maximum absolute atomic E-state index is 12.4. The lowest BCUT2D eigenvalue weighted by atomic mass is 10.0. The molecule has 0 rings (SSSR count). The zero-order chi connectivity index (χ0) is 27.1. The van der Waals surface area contributed by atoms with E-state index >= 15 is 0 Å². The zero-order valence-electron chi connectivity index (χ0n) is 22.7. The number of amides is 1. The van der Waals surface area contributed by atoms with Crippen molar-refractivity contribution in [3.8, 4) is 0 Å². The van der Waals surface area contributed by atoms with Gasteiger partial charge >= 0.3 is 0 Å². The number of aliphatic hydroxyl groups is 2. The average Bonchev–Trinajstić information content (AvgIpc) is 2.82. The van der Waals surface area contributed by atoms with Crippen molar-refractivity contribution in [1.29, 1.82) is 0 Å². The number of rotatable bonds is 24. The lowest BCUT2D eigenvalue weighted by Gasteiger charge is -2.24. The minimum atomic E-state index is -4.39. The number of carbonyl (C=O) groups is 1. The zero-order valence-corrected chi connectivity index (χ0v) is 23.6. The molecule has 0 aromatic heterocycles. The Hall–Kier alpha value is -1.22. The predicted molar refractivity (Wildman–Crippen MR) is 148 cm³/mol. The van der Waals surface area contributed by atoms with Gasteiger partial charge in [-0.25, -0.2) is 0 Å². The fourth-order valence-corrected chi connectivity index (χ4v) is 4.80. The SMILES string of the molecule is CCCCC/C=C\C=C/CCCCCCCC(O)C(=O)NC(CS(=O)(=O)O)C(O)CCCCCCC. The van der Waals surface area contributed by atoms with Crippen LogP contribution in [-0.2, 0) is 14.9 Å². The lowest BCUT2D eigenvalue weighted by Crippen LogP contribution is -2.50. The summed E-state index contributed by atoms with van der Waals surface area (Å²) in [4.78, 5) is 12.4. The Bertz CT molecular complexity index is 692. The molecule has 36 heavy (non-hydrogen) atoms. The molecule has 1 amide bonds. The Morgan fingerprint density at radius 3 is 1.81 bits per heavy atom. The molecule has 0 spiro atoms. The first-order valence-corrected chi connectivity index (χ1v) is 15.8. The lowest BCUT2D eigenvalue weighted by molar-refractivity contribution is -0.131. The van der Waals surface area contributed by atoms with Gasteiger partial charge in [-0.15, -0.1) is 0 Å². The van der Waals surface area contributed by atoms with Crippen LogP contribution in [0.1, 0.15) is 123 Å². The van der Waals surface area contributed by atoms with Gasteiger partial charge in [-0.3, -0.25) is 9.35 Å². The van der Waals surface area contributed by atoms with Gasteiger partial charge in [-0.05, 0) is 38.5 Å². The number of nitrogens with one attached hydrogen (secondary N) is 1. The van der Waals surface area contributed by atoms with E-state index in [-0.39, 0.29) is 6.42 Å². The molecule has 0 bridgehead atoms. The predicted octanol–water partition coefficient (Wildman–Crippen LogP) is 5.86. The summed E-state index contributed by atoms with van der Waals surface area (Å²) in [5.74, 6) is -1.48. The number of aliphatic hydroxyl groups excluding tert-OH is 2. The van der Waals surface area contributed by atoms with Crippen molar-refractivity contribution in [2.24, 2.45) is 0 Å². The highest BCUT2D eigenvalue weighted by Gasteiger charge is 2.28. The first kappa shape index (κ1) is 34.8. The summed E-state index contributed by atoms with van der Waals surface area (Å²) in [5.41, 5.74) is 0. The van der Waals surface area contributed by atoms with Crippen LogP contribution in [0.2, 0.25) is 0 Å². The normalized spacial score (nSPS) is 14.9. The number of carbonyl (C=O) groups excluding carboxylic acids is 1. The van der Waals surface area contributed by atoms with Crippen LogP contribution in [0.4, 0.5) is 0 Å². The summed E-state index contributed by atoms with van der Waals surface area (Å²) in [6.07, 6.45) is 22.5. The molecule has 0 heterocycles. The summed E-state index contributed by atoms with van der Waals surface area (Å²) in [7, 11) is -4.39. The minimum absolute atomic E-state index is 0.278. The van der Waals surface area contributed by atoms with Gasteiger partial charge in [-0.2, -0.15) is 8.42 Å². The monoisotopic (exact) mass is 531 g/mol. The Balaban J connectivity index is 4.15. The van der Waals surface area contributed by atoms with E-state index in [4.69, 9.17) is 0 Å². The molecule has 3 unspecified atom stereocenters. The van der Waals surface area contributed by atoms with Crippen molar-refractivity contribution in [3.05, 3.63) is 24.3 Å². The molecule has 0 aliphatic carbocycles. The Morgan fingerprint density at radius 2 is 1.22 bits per heavy atom. The van der Waals surface area contributed by atoms with E-state index in [2.05, 4.69) is 43.5 Å². The highest BCUT2D eigenvalue weighted by Crippen LogP contribution is 2.13. The van der Waals surface area contributed by atoms with Crippen LogP contribution < -0.4 is 5.32 Å². The summed E-state index contributed by atoms with van der Waals surface area (Å²) in [6, 6.07) is -1.15. The van der Waals surface area contributed by atoms with Gasteiger partial charge in [0.1, 0.15) is 6.10 Å². The first-order chi connectivity index (χ1) is 17.2. The van der Waals surface area contributed by atoms with Gasteiger partial charge in [0.05, 0.1) is 17.9 Å². The van der Waals surface area contributed by atoms with E-state index in [1.54, 1.807) is 0 Å². The summed E-state index contributed by atoms with van der Waals surface area (Å²) in [6.45, 7) is 4.31. The largest absolute Gasteiger partial charge is 0.391 e. The summed E-state index contributed by atoms with van der Waals surface area (Å²) >= 11 is 0. The van der Waals surface area contributed by atoms with Crippen LogP contribution in [-0.4, -0.2) is 53.1 Å². The smallest absolute Gasteiger partial charge is 0.266 e. The highest BCUT2D eigenvalue weighted by atomic mass is 32.2. The van der Waals surface area contributed by atoms with Crippen molar-refractivity contribution in [2.75, 3.05) is 5.75 Å². The Kier molecular flexibility index (Phi) is 22.2. The van der Waals surface area contributed by atoms with Crippen molar-refractivity contribution in [3.63, 3.8) is 0 Å². The molecule has 0 saturated heterocycles. The third-order valence-electron chi connectivity index (χ3n) is 6.29. The van der Waals surface area contributed by atoms with E-state index in [0.29, 0.717) is 19.3 Å². The molecule has 0 fully saturated rings. The standard InChI is InChI=1S/C28H53NO6S/c1-3-5-7-9-10-11-12-13-14-15-16-17-19-21-23-27(31)28(32)29-25(24-36(33,34)35)26(30)22-20-18-8-6-4-2/h10-13,25-27,30-31H,3-9,14-24H2,1-2H3,(H,29,32)(H,33,34,35)/b11-10-,13-12-. The number of hydrogen-bond acceptors (Lipinski definition) is 5. The van der Waals surface area contributed by atoms with Crippen LogP contribution in [0.15, 0.2) is 24.3 Å². The van der Waals surface area contributed by atoms with Gasteiger partial charge in [-0.1, -0.05) is 109 Å². The fourth-order valence-electron chi connectivity index (χ4n) is 4.04. The third kappa shape index (κ3) is 22.0. The second-order valence-corrected chi connectivity index (χ2v) is 11.3. The third-order valence-corrected chi connectivity index (χ3v) is 7.07. The molecule has 0 aliphatic heterocycles. The molecule has 0 aliphatic rings. The second-order valence-electron chi connectivity index (χ2n) is 9.85. The van der Waals surface area contributed by atoms with Crippen LogP contribution in [0, 0.1) is 0 Å². The number of hydrogen-bond donors (Lipinski definition) is 4. The maximum Gasteiger partial charge on any atom is 0.266 e. The van der Waals surface area contributed by atoms with E-state index in [9.17, 15) is 28.0 Å². The van der Waals surface area contributed by atoms with Gasteiger partial charge < -0.3 is 15.5 Å². The van der Waals surface area contributed by atoms with Gasteiger partial charge in [0.25, 0.3) is 10.1 Å². The summed E-state index contributed by atoms with van der Waals surface area (Å²) < 4.78 is 31.9. The summed E-state index contributed by atoms with van der Waals surface area (Å²) in [5, 5.41) is 23.0. The fraction of sp³-hybridized carbons (Fsp3) is 0.821. The van der Waals surface area contributed by atoms with Crippen LogP contribution in [0.5, 0.6) is 0 Å². The molecule has 212 valence electrons. The molecule has 4 N–H and O–H groups in total. The quantitative estimate of drug-likeness (QED) is 0.0702. The van der Waals surface area contributed by atoms with E-state index in [0.717, 1.165) is 64.2 Å². The minimum Gasteiger partial charge on any atom is -0.391 e. The van der Waals surface area contributed by atoms with Crippen molar-refractivity contribution in [2.45, 2.75) is 141 Å². The Morgan fingerprint density at radius 1 is 0.750 bits per heavy atom. The Labute approximate surface area is 220 Å². The van der Waals surface area contributed by atoms with Gasteiger partial charge in [0.15, 0.2) is 0 Å². The van der Waals surface area contributed by atoms with Crippen molar-refractivity contribution < 1.29 is 28.0 Å². The molecule has 8 heteroatoms. The van der Waals surface area contributed by atoms with Crippen molar-refractivity contribution in [1.82, 2.24) is 5.32 Å². The van der Waals surface area contributed by atoms with Gasteiger partial charge in [0, 0.05) is 0 Å². The molecule has 0 aromatic carbocycles. The molecular formula is C28H53NO6S. The molecule has 0 saturated carbocycles. The molecule has 3 atom stereocenters. The van der Waals surface area contributed by atoms with Crippen LogP contribution in [0.3, 0.4) is 0 Å². The second kappa shape index (κ2) is 22.9. The van der Waals surface area contributed by atoms with E-state index in [1.807, 2.05) is 0 Å². The van der Waals surface area contributed by atoms with E-state index in [1.165, 1.54) is 19.3 Å². The highest BCUT2D eigenvalue weighted by molar-refractivity contribution is 7.85. The van der Waals surface area contributed by atoms with Gasteiger partial charge in [0.2, 0.25) is 5.91 Å².